The van der Waals surface area contributed by atoms with Crippen LogP contribution in [-0.4, -0.2) is 0 Å². The van der Waals surface area contributed by atoms with Crippen LogP contribution < -0.4 is 0 Å². The van der Waals surface area contributed by atoms with Gasteiger partial charge >= 0.3 is 0 Å². The maximum absolute atomic E-state index is 14.1. The van der Waals surface area contributed by atoms with E-state index in [4.69, 9.17) is 0 Å². The number of fused-ring (bicyclic) bond motifs is 2. The summed E-state index contributed by atoms with van der Waals surface area (Å²) in [5.74, 6) is -22.6. The SMILES string of the molecule is Fc1c(F)c(F)c(/C=C2/C(=C/c3c(F)c(F)c(F)c(F)c3F)[C@H]3CC[C@@H]2C3)c(F)c1F. The second-order valence-electron chi connectivity index (χ2n) is 7.37. The number of rotatable bonds is 2. The molecule has 2 atom stereocenters. The topological polar surface area (TPSA) is 0 Å². The lowest BCUT2D eigenvalue weighted by Crippen LogP contribution is -2.08. The molecule has 0 nitrogen and oxygen atoms in total. The number of benzene rings is 2. The summed E-state index contributed by atoms with van der Waals surface area (Å²) in [6.07, 6.45) is 2.61. The van der Waals surface area contributed by atoms with Gasteiger partial charge < -0.3 is 0 Å². The predicted molar refractivity (Wildman–Crippen MR) is 89.2 cm³/mol. The molecular formula is C21H10F10. The van der Waals surface area contributed by atoms with Gasteiger partial charge in [-0.1, -0.05) is 0 Å². The normalized spacial score (nSPS) is 22.9. The Hall–Kier alpha value is -2.78. The van der Waals surface area contributed by atoms with Crippen LogP contribution in [0.25, 0.3) is 12.2 Å². The highest BCUT2D eigenvalue weighted by Crippen LogP contribution is 2.53. The molecule has 2 aliphatic carbocycles. The highest BCUT2D eigenvalue weighted by Gasteiger charge is 2.41. The third-order valence-electron chi connectivity index (χ3n) is 5.73. The van der Waals surface area contributed by atoms with E-state index in [0.717, 1.165) is 0 Å². The molecule has 0 aromatic heterocycles. The molecule has 2 aromatic carbocycles. The van der Waals surface area contributed by atoms with Crippen LogP contribution in [0.1, 0.15) is 30.4 Å². The molecule has 0 amide bonds. The minimum atomic E-state index is -2.35. The van der Waals surface area contributed by atoms with Crippen molar-refractivity contribution in [2.45, 2.75) is 19.3 Å². The lowest BCUT2D eigenvalue weighted by Gasteiger charge is -2.19. The van der Waals surface area contributed by atoms with Crippen molar-refractivity contribution in [1.29, 1.82) is 0 Å². The van der Waals surface area contributed by atoms with Gasteiger partial charge in [0.05, 0.1) is 11.1 Å². The van der Waals surface area contributed by atoms with E-state index in [0.29, 0.717) is 31.4 Å². The Labute approximate surface area is 168 Å². The summed E-state index contributed by atoms with van der Waals surface area (Å²) in [6, 6.07) is 0. The first-order valence-electron chi connectivity index (χ1n) is 9.00. The molecule has 2 aromatic rings. The van der Waals surface area contributed by atoms with Crippen LogP contribution in [0, 0.1) is 70.0 Å². The fourth-order valence-electron chi connectivity index (χ4n) is 4.23. The fraction of sp³-hybridized carbons (Fsp3) is 0.238. The summed E-state index contributed by atoms with van der Waals surface area (Å²) in [6.45, 7) is 0. The van der Waals surface area contributed by atoms with E-state index in [9.17, 15) is 43.9 Å². The monoisotopic (exact) mass is 452 g/mol. The zero-order valence-corrected chi connectivity index (χ0v) is 15.2. The van der Waals surface area contributed by atoms with E-state index in [-0.39, 0.29) is 11.1 Å². The minimum Gasteiger partial charge on any atom is -0.203 e. The van der Waals surface area contributed by atoms with Crippen LogP contribution in [0.4, 0.5) is 43.9 Å². The molecule has 0 unspecified atom stereocenters. The van der Waals surface area contributed by atoms with Gasteiger partial charge in [0.2, 0.25) is 11.6 Å². The van der Waals surface area contributed by atoms with Gasteiger partial charge in [0.25, 0.3) is 0 Å². The highest BCUT2D eigenvalue weighted by atomic mass is 19.2. The first-order valence-corrected chi connectivity index (χ1v) is 9.00. The molecule has 2 bridgehead atoms. The molecule has 0 N–H and O–H groups in total. The summed E-state index contributed by atoms with van der Waals surface area (Å²) < 4.78 is 137. The third kappa shape index (κ3) is 3.14. The molecular weight excluding hydrogens is 442 g/mol. The third-order valence-corrected chi connectivity index (χ3v) is 5.73. The maximum atomic E-state index is 14.1. The Balaban J connectivity index is 1.92. The molecule has 164 valence electrons. The van der Waals surface area contributed by atoms with Crippen molar-refractivity contribution in [3.8, 4) is 0 Å². The van der Waals surface area contributed by atoms with Gasteiger partial charge in [-0.3, -0.25) is 0 Å². The zero-order chi connectivity index (χ0) is 22.8. The van der Waals surface area contributed by atoms with E-state index in [1.165, 1.54) is 0 Å². The largest absolute Gasteiger partial charge is 0.203 e. The Morgan fingerprint density at radius 1 is 0.419 bits per heavy atom. The van der Waals surface area contributed by atoms with Crippen molar-refractivity contribution in [2.75, 3.05) is 0 Å². The van der Waals surface area contributed by atoms with E-state index in [1.54, 1.807) is 0 Å². The van der Waals surface area contributed by atoms with Gasteiger partial charge in [0, 0.05) is 0 Å². The number of allylic oxidation sites excluding steroid dienone is 2. The van der Waals surface area contributed by atoms with Crippen LogP contribution in [0.15, 0.2) is 11.1 Å². The second kappa shape index (κ2) is 7.42. The Bertz CT molecular complexity index is 1030. The summed E-state index contributed by atoms with van der Waals surface area (Å²) in [5, 5.41) is 0. The molecule has 2 aliphatic rings. The standard InChI is InChI=1S/C21H10F10/c22-12-10(13(23)17(27)20(30)16(12)26)4-8-6-1-2-7(3-6)9(8)5-11-14(24)18(28)21(31)19(29)15(11)25/h4-7H,1-3H2/b8-4+,9-5+/t6-,7+. The molecule has 0 saturated heterocycles. The van der Waals surface area contributed by atoms with E-state index >= 15 is 0 Å². The second-order valence-corrected chi connectivity index (χ2v) is 7.37. The van der Waals surface area contributed by atoms with Crippen molar-refractivity contribution in [3.63, 3.8) is 0 Å². The average Bonchev–Trinajstić information content (AvgIpc) is 3.36. The van der Waals surface area contributed by atoms with Crippen LogP contribution >= 0.6 is 0 Å². The summed E-state index contributed by atoms with van der Waals surface area (Å²) >= 11 is 0. The van der Waals surface area contributed by atoms with E-state index < -0.39 is 81.1 Å². The van der Waals surface area contributed by atoms with Gasteiger partial charge in [-0.15, -0.1) is 0 Å². The Morgan fingerprint density at radius 2 is 0.677 bits per heavy atom. The molecule has 0 heterocycles. The first-order chi connectivity index (χ1) is 14.5. The average molecular weight is 452 g/mol. The van der Waals surface area contributed by atoms with Crippen molar-refractivity contribution in [2.24, 2.45) is 11.8 Å². The predicted octanol–water partition coefficient (Wildman–Crippen LogP) is 6.97. The van der Waals surface area contributed by atoms with Gasteiger partial charge in [-0.2, -0.15) is 0 Å². The van der Waals surface area contributed by atoms with Crippen LogP contribution in [-0.2, 0) is 0 Å². The molecule has 0 aliphatic heterocycles. The van der Waals surface area contributed by atoms with Crippen molar-refractivity contribution < 1.29 is 43.9 Å². The molecule has 0 radical (unpaired) electrons. The molecule has 10 heteroatoms. The zero-order valence-electron chi connectivity index (χ0n) is 15.2. The Morgan fingerprint density at radius 3 is 0.968 bits per heavy atom. The van der Waals surface area contributed by atoms with Gasteiger partial charge in [-0.05, 0) is 54.4 Å². The maximum Gasteiger partial charge on any atom is 0.200 e. The number of hydrogen-bond donors (Lipinski definition) is 0. The van der Waals surface area contributed by atoms with Gasteiger partial charge in [0.15, 0.2) is 46.5 Å². The molecule has 2 fully saturated rings. The molecule has 4 rings (SSSR count). The Kier molecular flexibility index (Phi) is 5.13. The lowest BCUT2D eigenvalue weighted by atomic mass is 9.86. The van der Waals surface area contributed by atoms with Crippen LogP contribution in [0.5, 0.6) is 0 Å². The van der Waals surface area contributed by atoms with E-state index in [2.05, 4.69) is 0 Å². The summed E-state index contributed by atoms with van der Waals surface area (Å²) in [7, 11) is 0. The van der Waals surface area contributed by atoms with Gasteiger partial charge in [0.1, 0.15) is 0 Å². The molecule has 2 saturated carbocycles. The van der Waals surface area contributed by atoms with Crippen molar-refractivity contribution in [3.05, 3.63) is 80.4 Å². The van der Waals surface area contributed by atoms with Crippen LogP contribution in [0.3, 0.4) is 0 Å². The number of hydrogen-bond acceptors (Lipinski definition) is 0. The lowest BCUT2D eigenvalue weighted by molar-refractivity contribution is 0.376. The van der Waals surface area contributed by atoms with E-state index in [1.807, 2.05) is 0 Å². The molecule has 0 spiro atoms. The van der Waals surface area contributed by atoms with Crippen molar-refractivity contribution in [1.82, 2.24) is 0 Å². The highest BCUT2D eigenvalue weighted by molar-refractivity contribution is 5.70. The smallest absolute Gasteiger partial charge is 0.200 e. The number of halogens is 10. The molecule has 31 heavy (non-hydrogen) atoms. The summed E-state index contributed by atoms with van der Waals surface area (Å²) in [5.41, 5.74) is -2.46. The van der Waals surface area contributed by atoms with Gasteiger partial charge in [-0.25, -0.2) is 43.9 Å². The van der Waals surface area contributed by atoms with Crippen LogP contribution in [0.2, 0.25) is 0 Å². The summed E-state index contributed by atoms with van der Waals surface area (Å²) in [4.78, 5) is 0. The minimum absolute atomic E-state index is 0.0170. The van der Waals surface area contributed by atoms with Crippen molar-refractivity contribution >= 4 is 12.2 Å². The quantitative estimate of drug-likeness (QED) is 0.262. The first kappa shape index (κ1) is 21.5. The fourth-order valence-corrected chi connectivity index (χ4v) is 4.23.